The fourth-order valence-electron chi connectivity index (χ4n) is 1.62. The molecule has 9 heteroatoms. The average Bonchev–Trinajstić information content (AvgIpc) is 2.90. The zero-order chi connectivity index (χ0) is 29.0. The monoisotopic (exact) mass is 534 g/mol. The van der Waals surface area contributed by atoms with Gasteiger partial charge in [-0.2, -0.15) is 0 Å². The van der Waals surface area contributed by atoms with Gasteiger partial charge in [-0.3, -0.25) is 0 Å². The van der Waals surface area contributed by atoms with Crippen molar-refractivity contribution in [2.24, 2.45) is 0 Å². The summed E-state index contributed by atoms with van der Waals surface area (Å²) in [5.74, 6) is 0. The van der Waals surface area contributed by atoms with Gasteiger partial charge in [0.2, 0.25) is 0 Å². The van der Waals surface area contributed by atoms with Gasteiger partial charge in [0.15, 0.2) is 0 Å². The molecule has 0 fully saturated rings. The van der Waals surface area contributed by atoms with Gasteiger partial charge in [0.05, 0.1) is 13.2 Å². The Hall–Kier alpha value is -0.360. The van der Waals surface area contributed by atoms with E-state index >= 15 is 0 Å². The Morgan fingerprint density at radius 2 is 0.611 bits per heavy atom. The molecule has 0 saturated heterocycles. The van der Waals surface area contributed by atoms with E-state index in [1.165, 1.54) is 32.1 Å². The SMILES string of the molecule is CCCCCOC.CCCCOC.CCCOC.COCCCOC.COCCOC.COCOC. The highest BCUT2D eigenvalue weighted by Crippen LogP contribution is 1.91. The summed E-state index contributed by atoms with van der Waals surface area (Å²) >= 11 is 0. The van der Waals surface area contributed by atoms with Gasteiger partial charge in [-0.15, -0.1) is 0 Å². The molecule has 0 atom stereocenters. The molecule has 36 heavy (non-hydrogen) atoms. The number of ether oxygens (including phenoxy) is 9. The topological polar surface area (TPSA) is 83.1 Å². The maximum absolute atomic E-state index is 4.84. The molecule has 0 N–H and O–H groups in total. The van der Waals surface area contributed by atoms with Crippen LogP contribution >= 0.6 is 0 Å². The number of hydrogen-bond donors (Lipinski definition) is 0. The molecule has 0 amide bonds. The van der Waals surface area contributed by atoms with Crippen molar-refractivity contribution in [2.45, 2.75) is 65.7 Å². The lowest BCUT2D eigenvalue weighted by Gasteiger charge is -1.94. The van der Waals surface area contributed by atoms with E-state index in [-0.39, 0.29) is 0 Å². The van der Waals surface area contributed by atoms with Crippen molar-refractivity contribution in [3.8, 4) is 0 Å². The third-order valence-corrected chi connectivity index (χ3v) is 3.49. The van der Waals surface area contributed by atoms with E-state index in [0.29, 0.717) is 20.0 Å². The predicted molar refractivity (Wildman–Crippen MR) is 151 cm³/mol. The van der Waals surface area contributed by atoms with Crippen LogP contribution in [0.2, 0.25) is 0 Å². The summed E-state index contributed by atoms with van der Waals surface area (Å²) in [6.45, 7) is 12.5. The Morgan fingerprint density at radius 3 is 0.806 bits per heavy atom. The van der Waals surface area contributed by atoms with Crippen LogP contribution in [-0.4, -0.2) is 117 Å². The van der Waals surface area contributed by atoms with Gasteiger partial charge in [0, 0.05) is 97.0 Å². The van der Waals surface area contributed by atoms with Crippen LogP contribution in [0.25, 0.3) is 0 Å². The van der Waals surface area contributed by atoms with Gasteiger partial charge in [-0.1, -0.05) is 40.0 Å². The molecule has 0 unspecified atom stereocenters. The lowest BCUT2D eigenvalue weighted by Crippen LogP contribution is -1.96. The molecule has 0 aliphatic heterocycles. The van der Waals surface area contributed by atoms with Crippen LogP contribution in [0.5, 0.6) is 0 Å². The maximum Gasteiger partial charge on any atom is 0.145 e. The second-order valence-electron chi connectivity index (χ2n) is 7.06. The van der Waals surface area contributed by atoms with Crippen molar-refractivity contribution in [3.63, 3.8) is 0 Å². The fraction of sp³-hybridized carbons (Fsp3) is 1.00. The first kappa shape index (κ1) is 48.7. The first-order valence-corrected chi connectivity index (χ1v) is 12.9. The van der Waals surface area contributed by atoms with Crippen LogP contribution in [0.15, 0.2) is 0 Å². The predicted octanol–water partition coefficient (Wildman–Crippen LogP) is 5.48. The second-order valence-corrected chi connectivity index (χ2v) is 7.06. The molecule has 0 aliphatic rings. The highest BCUT2D eigenvalue weighted by atomic mass is 16.6. The maximum atomic E-state index is 4.84. The molecule has 9 nitrogen and oxygen atoms in total. The summed E-state index contributed by atoms with van der Waals surface area (Å²) in [5, 5.41) is 0. The van der Waals surface area contributed by atoms with Crippen molar-refractivity contribution < 1.29 is 42.6 Å². The molecule has 0 rings (SSSR count). The van der Waals surface area contributed by atoms with E-state index in [1.807, 2.05) is 0 Å². The molecule has 0 spiro atoms. The molecule has 228 valence electrons. The van der Waals surface area contributed by atoms with Crippen LogP contribution in [-0.2, 0) is 42.6 Å². The summed E-state index contributed by atoms with van der Waals surface area (Å²) < 4.78 is 42.1. The van der Waals surface area contributed by atoms with Crippen LogP contribution < -0.4 is 0 Å². The Morgan fingerprint density at radius 1 is 0.278 bits per heavy atom. The lowest BCUT2D eigenvalue weighted by atomic mass is 10.3. The first-order chi connectivity index (χ1) is 17.5. The van der Waals surface area contributed by atoms with Crippen LogP contribution in [0.3, 0.4) is 0 Å². The molecule has 0 aromatic rings. The van der Waals surface area contributed by atoms with E-state index in [9.17, 15) is 0 Å². The summed E-state index contributed by atoms with van der Waals surface area (Å²) in [4.78, 5) is 0. The minimum atomic E-state index is 0.389. The molecular formula is C27H66O9. The van der Waals surface area contributed by atoms with Gasteiger partial charge in [0.1, 0.15) is 6.79 Å². The van der Waals surface area contributed by atoms with Gasteiger partial charge in [-0.25, -0.2) is 0 Å². The summed E-state index contributed by atoms with van der Waals surface area (Å²) in [6, 6.07) is 0. The van der Waals surface area contributed by atoms with Crippen LogP contribution in [0.1, 0.15) is 65.7 Å². The second kappa shape index (κ2) is 70.1. The quantitative estimate of drug-likeness (QED) is 0.168. The number of unbranched alkanes of at least 4 members (excludes halogenated alkanes) is 3. The standard InChI is InChI=1S/C6H14O.C5H12O2.C5H12O.C4H10O2.C4H10O.C3H8O2/c1-3-4-5-6-7-2;1-6-4-3-5-7-2;1-3-4-5-6-2;1-5-3-4-6-2;1-3-4-5-2;1-4-3-5-2/h3-6H2,1-2H3;3-5H2,1-2H3;3-5H2,1-2H3;3-4H2,1-2H3;3-4H2,1-2H3;3H2,1-2H3. The Bertz CT molecular complexity index is 205. The normalized spacial score (nSPS) is 9.00. The zero-order valence-electron chi connectivity index (χ0n) is 26.3. The summed E-state index contributed by atoms with van der Waals surface area (Å²) in [5.41, 5.74) is 0. The molecule has 0 heterocycles. The number of hydrogen-bond acceptors (Lipinski definition) is 9. The van der Waals surface area contributed by atoms with Gasteiger partial charge in [-0.05, 0) is 25.7 Å². The van der Waals surface area contributed by atoms with Gasteiger partial charge < -0.3 is 42.6 Å². The summed E-state index contributed by atoms with van der Waals surface area (Å²) in [6.07, 6.45) is 8.33. The molecule has 0 radical (unpaired) electrons. The Kier molecular flexibility index (Phi) is 94.8. The average molecular weight is 535 g/mol. The molecule has 0 aliphatic carbocycles. The van der Waals surface area contributed by atoms with Crippen molar-refractivity contribution in [1.82, 2.24) is 0 Å². The van der Waals surface area contributed by atoms with Gasteiger partial charge >= 0.3 is 0 Å². The van der Waals surface area contributed by atoms with Gasteiger partial charge in [0.25, 0.3) is 0 Å². The smallest absolute Gasteiger partial charge is 0.145 e. The lowest BCUT2D eigenvalue weighted by molar-refractivity contribution is -0.00272. The minimum Gasteiger partial charge on any atom is -0.385 e. The number of rotatable bonds is 18. The molecule has 0 aromatic carbocycles. The molecular weight excluding hydrogens is 468 g/mol. The third kappa shape index (κ3) is 115. The number of methoxy groups -OCH3 is 9. The van der Waals surface area contributed by atoms with Crippen LogP contribution in [0, 0.1) is 0 Å². The molecule has 0 saturated carbocycles. The van der Waals surface area contributed by atoms with E-state index in [1.54, 1.807) is 64.0 Å². The Balaban J connectivity index is -0.0000000754. The van der Waals surface area contributed by atoms with Crippen molar-refractivity contribution >= 4 is 0 Å². The largest absolute Gasteiger partial charge is 0.385 e. The summed E-state index contributed by atoms with van der Waals surface area (Å²) in [7, 11) is 15.0. The van der Waals surface area contributed by atoms with E-state index < -0.39 is 0 Å². The molecule has 0 bridgehead atoms. The highest BCUT2D eigenvalue weighted by Gasteiger charge is 1.80. The fourth-order valence-corrected chi connectivity index (χ4v) is 1.62. The first-order valence-electron chi connectivity index (χ1n) is 12.9. The highest BCUT2D eigenvalue weighted by molar-refractivity contribution is 4.33. The van der Waals surface area contributed by atoms with Crippen molar-refractivity contribution in [2.75, 3.05) is 117 Å². The van der Waals surface area contributed by atoms with Crippen molar-refractivity contribution in [1.29, 1.82) is 0 Å². The third-order valence-electron chi connectivity index (χ3n) is 3.49. The Labute approximate surface area is 225 Å². The minimum absolute atomic E-state index is 0.389. The van der Waals surface area contributed by atoms with Crippen molar-refractivity contribution in [3.05, 3.63) is 0 Å². The van der Waals surface area contributed by atoms with E-state index in [2.05, 4.69) is 39.7 Å². The van der Waals surface area contributed by atoms with E-state index in [4.69, 9.17) is 23.7 Å². The zero-order valence-corrected chi connectivity index (χ0v) is 26.3. The molecule has 0 aromatic heterocycles. The van der Waals surface area contributed by atoms with Crippen LogP contribution in [0.4, 0.5) is 0 Å². The van der Waals surface area contributed by atoms with E-state index in [0.717, 1.165) is 45.9 Å².